The lowest BCUT2D eigenvalue weighted by Crippen LogP contribution is -2.44. The molecule has 1 amide bonds. The van der Waals surface area contributed by atoms with Gasteiger partial charge in [0.25, 0.3) is 11.6 Å². The van der Waals surface area contributed by atoms with Gasteiger partial charge in [0.1, 0.15) is 0 Å². The first-order valence-electron chi connectivity index (χ1n) is 12.0. The first-order valence-corrected chi connectivity index (χ1v) is 12.0. The number of benzene rings is 3. The van der Waals surface area contributed by atoms with Crippen LogP contribution in [0.4, 0.5) is 5.69 Å². The minimum atomic E-state index is -0.399. The predicted molar refractivity (Wildman–Crippen MR) is 138 cm³/mol. The minimum Gasteiger partial charge on any atom is -0.339 e. The zero-order chi connectivity index (χ0) is 24.9. The molecule has 0 aliphatic carbocycles. The topological polar surface area (TPSA) is 93.3 Å². The van der Waals surface area contributed by atoms with E-state index in [9.17, 15) is 14.9 Å². The monoisotopic (exact) mass is 481 g/mol. The van der Waals surface area contributed by atoms with Crippen molar-refractivity contribution in [2.45, 2.75) is 25.4 Å². The van der Waals surface area contributed by atoms with E-state index in [1.807, 2.05) is 76.4 Å². The molecule has 4 aromatic rings. The number of para-hydroxylation sites is 1. The van der Waals surface area contributed by atoms with Gasteiger partial charge in [-0.3, -0.25) is 14.9 Å². The maximum absolute atomic E-state index is 12.7. The van der Waals surface area contributed by atoms with E-state index >= 15 is 0 Å². The fourth-order valence-electron chi connectivity index (χ4n) is 4.54. The van der Waals surface area contributed by atoms with Gasteiger partial charge in [-0.05, 0) is 49.2 Å². The highest BCUT2D eigenvalue weighted by molar-refractivity contribution is 5.94. The van der Waals surface area contributed by atoms with Crippen molar-refractivity contribution in [1.82, 2.24) is 20.0 Å². The van der Waals surface area contributed by atoms with Crippen LogP contribution in [0.2, 0.25) is 0 Å². The smallest absolute Gasteiger partial charge is 0.269 e. The van der Waals surface area contributed by atoms with Crippen LogP contribution < -0.4 is 5.32 Å². The molecular formula is C28H27N5O3. The molecule has 0 bridgehead atoms. The Balaban J connectivity index is 1.29. The lowest BCUT2D eigenvalue weighted by Gasteiger charge is -2.32. The van der Waals surface area contributed by atoms with Crippen LogP contribution >= 0.6 is 0 Å². The molecule has 5 rings (SSSR count). The van der Waals surface area contributed by atoms with E-state index in [4.69, 9.17) is 5.10 Å². The number of non-ortho nitro benzene ring substituents is 1. The van der Waals surface area contributed by atoms with E-state index in [2.05, 4.69) is 5.32 Å². The Morgan fingerprint density at radius 1 is 0.944 bits per heavy atom. The summed E-state index contributed by atoms with van der Waals surface area (Å²) in [6, 6.07) is 26.1. The Labute approximate surface area is 209 Å². The third-order valence-electron chi connectivity index (χ3n) is 6.55. The number of piperidine rings is 1. The summed E-state index contributed by atoms with van der Waals surface area (Å²) in [6.45, 7) is 2.03. The number of carbonyl (C=O) groups excluding carboxylic acids is 1. The molecule has 0 saturated carbocycles. The number of nitro benzene ring substituents is 1. The van der Waals surface area contributed by atoms with Crippen molar-refractivity contribution in [3.63, 3.8) is 0 Å². The van der Waals surface area contributed by atoms with Crippen LogP contribution in [0.3, 0.4) is 0 Å². The van der Waals surface area contributed by atoms with Crippen LogP contribution in [0.15, 0.2) is 91.1 Å². The molecule has 1 N–H and O–H groups in total. The quantitative estimate of drug-likeness (QED) is 0.301. The zero-order valence-electron chi connectivity index (χ0n) is 19.8. The van der Waals surface area contributed by atoms with E-state index in [1.165, 1.54) is 12.1 Å². The van der Waals surface area contributed by atoms with Crippen LogP contribution in [0.25, 0.3) is 16.9 Å². The molecule has 8 heteroatoms. The maximum atomic E-state index is 12.7. The standard InChI is InChI=1S/C28H27N5O3/c34-28(22-7-3-1-4-8-22)31-17-15-24(16-18-31)29-19-23-20-32(25-9-5-2-6-10-25)30-27(23)21-11-13-26(14-12-21)33(35)36/h1-14,20,24,29H,15-19H2. The molecule has 0 atom stereocenters. The van der Waals surface area contributed by atoms with Crippen molar-refractivity contribution in [3.05, 3.63) is 112 Å². The third-order valence-corrected chi connectivity index (χ3v) is 6.55. The molecule has 0 spiro atoms. The lowest BCUT2D eigenvalue weighted by molar-refractivity contribution is -0.384. The van der Waals surface area contributed by atoms with E-state index in [0.29, 0.717) is 19.6 Å². The summed E-state index contributed by atoms with van der Waals surface area (Å²) >= 11 is 0. The molecule has 36 heavy (non-hydrogen) atoms. The molecule has 2 heterocycles. The molecule has 0 unspecified atom stereocenters. The second-order valence-electron chi connectivity index (χ2n) is 8.90. The summed E-state index contributed by atoms with van der Waals surface area (Å²) in [6.07, 6.45) is 3.75. The maximum Gasteiger partial charge on any atom is 0.269 e. The Kier molecular flexibility index (Phi) is 6.86. The Morgan fingerprint density at radius 3 is 2.22 bits per heavy atom. The number of hydrogen-bond donors (Lipinski definition) is 1. The fraction of sp³-hybridized carbons (Fsp3) is 0.214. The van der Waals surface area contributed by atoms with Gasteiger partial charge in [0.2, 0.25) is 0 Å². The lowest BCUT2D eigenvalue weighted by atomic mass is 10.0. The van der Waals surface area contributed by atoms with Crippen LogP contribution in [-0.4, -0.2) is 44.6 Å². The molecule has 1 aromatic heterocycles. The number of amides is 1. The molecule has 1 aliphatic rings. The number of nitrogens with zero attached hydrogens (tertiary/aromatic N) is 4. The van der Waals surface area contributed by atoms with Gasteiger partial charge in [0.05, 0.1) is 16.3 Å². The van der Waals surface area contributed by atoms with E-state index in [-0.39, 0.29) is 17.6 Å². The number of hydrogen-bond acceptors (Lipinski definition) is 5. The van der Waals surface area contributed by atoms with Crippen molar-refractivity contribution in [2.24, 2.45) is 0 Å². The number of rotatable bonds is 7. The molecule has 1 fully saturated rings. The van der Waals surface area contributed by atoms with E-state index < -0.39 is 4.92 Å². The summed E-state index contributed by atoms with van der Waals surface area (Å²) < 4.78 is 1.84. The summed E-state index contributed by atoms with van der Waals surface area (Å²) in [7, 11) is 0. The van der Waals surface area contributed by atoms with Crippen molar-refractivity contribution >= 4 is 11.6 Å². The van der Waals surface area contributed by atoms with Gasteiger partial charge in [0, 0.05) is 60.7 Å². The van der Waals surface area contributed by atoms with Gasteiger partial charge in [0.15, 0.2) is 0 Å². The Bertz CT molecular complexity index is 1330. The second-order valence-corrected chi connectivity index (χ2v) is 8.90. The number of likely N-dealkylation sites (tertiary alicyclic amines) is 1. The van der Waals surface area contributed by atoms with Gasteiger partial charge in [-0.15, -0.1) is 0 Å². The molecule has 182 valence electrons. The highest BCUT2D eigenvalue weighted by Gasteiger charge is 2.24. The van der Waals surface area contributed by atoms with Crippen molar-refractivity contribution < 1.29 is 9.72 Å². The number of nitrogens with one attached hydrogen (secondary N) is 1. The summed E-state index contributed by atoms with van der Waals surface area (Å²) in [5, 5.41) is 19.5. The first kappa shape index (κ1) is 23.4. The van der Waals surface area contributed by atoms with Crippen LogP contribution in [-0.2, 0) is 6.54 Å². The average Bonchev–Trinajstić information content (AvgIpc) is 3.37. The van der Waals surface area contributed by atoms with Crippen molar-refractivity contribution in [1.29, 1.82) is 0 Å². The van der Waals surface area contributed by atoms with Crippen LogP contribution in [0.5, 0.6) is 0 Å². The largest absolute Gasteiger partial charge is 0.339 e. The molecule has 1 saturated heterocycles. The first-order chi connectivity index (χ1) is 17.6. The van der Waals surface area contributed by atoms with Gasteiger partial charge in [-0.1, -0.05) is 36.4 Å². The number of aromatic nitrogens is 2. The average molecular weight is 482 g/mol. The molecule has 3 aromatic carbocycles. The number of carbonyl (C=O) groups is 1. The summed E-state index contributed by atoms with van der Waals surface area (Å²) in [5.41, 5.74) is 4.35. The highest BCUT2D eigenvalue weighted by Crippen LogP contribution is 2.26. The van der Waals surface area contributed by atoms with Gasteiger partial charge in [-0.2, -0.15) is 5.10 Å². The molecule has 0 radical (unpaired) electrons. The summed E-state index contributed by atoms with van der Waals surface area (Å²) in [4.78, 5) is 25.3. The molecular weight excluding hydrogens is 454 g/mol. The van der Waals surface area contributed by atoms with Crippen LogP contribution in [0.1, 0.15) is 28.8 Å². The highest BCUT2D eigenvalue weighted by atomic mass is 16.6. The number of nitro groups is 1. The minimum absolute atomic E-state index is 0.0535. The molecule has 8 nitrogen and oxygen atoms in total. The fourth-order valence-corrected chi connectivity index (χ4v) is 4.54. The SMILES string of the molecule is O=C(c1ccccc1)N1CCC(NCc2cn(-c3ccccc3)nc2-c2ccc([N+](=O)[O-])cc2)CC1. The van der Waals surface area contributed by atoms with Gasteiger partial charge in [-0.25, -0.2) is 4.68 Å². The molecule has 1 aliphatic heterocycles. The Morgan fingerprint density at radius 2 is 1.58 bits per heavy atom. The van der Waals surface area contributed by atoms with E-state index in [1.54, 1.807) is 12.1 Å². The summed E-state index contributed by atoms with van der Waals surface area (Å²) in [5.74, 6) is 0.0821. The van der Waals surface area contributed by atoms with Crippen LogP contribution in [0, 0.1) is 10.1 Å². The second kappa shape index (κ2) is 10.5. The third kappa shape index (κ3) is 5.18. The van der Waals surface area contributed by atoms with E-state index in [0.717, 1.165) is 40.9 Å². The normalized spacial score (nSPS) is 14.1. The van der Waals surface area contributed by atoms with Gasteiger partial charge < -0.3 is 10.2 Å². The predicted octanol–water partition coefficient (Wildman–Crippen LogP) is 4.84. The zero-order valence-corrected chi connectivity index (χ0v) is 19.8. The Hall–Kier alpha value is -4.30. The van der Waals surface area contributed by atoms with Gasteiger partial charge >= 0.3 is 0 Å². The van der Waals surface area contributed by atoms with Crippen molar-refractivity contribution in [2.75, 3.05) is 13.1 Å². The van der Waals surface area contributed by atoms with Crippen molar-refractivity contribution in [3.8, 4) is 16.9 Å².